The van der Waals surface area contributed by atoms with E-state index in [0.717, 1.165) is 23.5 Å². The van der Waals surface area contributed by atoms with Gasteiger partial charge in [0.1, 0.15) is 13.2 Å². The summed E-state index contributed by atoms with van der Waals surface area (Å²) in [6, 6.07) is 7.56. The molecule has 6 heteroatoms. The number of carbonyl (C=O) groups excluding carboxylic acids is 1. The molecule has 0 aliphatic carbocycles. The molecule has 2 N–H and O–H groups in total. The SMILES string of the molecule is C[C@H](NC(=O)NCCc1ccsc1)c1ccc2c(c1)OCCO2. The maximum absolute atomic E-state index is 12.0. The zero-order valence-corrected chi connectivity index (χ0v) is 13.8. The highest BCUT2D eigenvalue weighted by Crippen LogP contribution is 2.32. The Morgan fingerprint density at radius 2 is 2.09 bits per heavy atom. The lowest BCUT2D eigenvalue weighted by atomic mass is 10.1. The second-order valence-corrected chi connectivity index (χ2v) is 6.19. The Bertz CT molecular complexity index is 658. The third-order valence-corrected chi connectivity index (χ3v) is 4.43. The normalized spacial score (nSPS) is 14.1. The van der Waals surface area contributed by atoms with Crippen molar-refractivity contribution in [1.82, 2.24) is 10.6 Å². The largest absolute Gasteiger partial charge is 0.486 e. The van der Waals surface area contributed by atoms with Gasteiger partial charge in [-0.25, -0.2) is 4.79 Å². The first-order valence-corrected chi connectivity index (χ1v) is 8.61. The van der Waals surface area contributed by atoms with Crippen LogP contribution in [-0.4, -0.2) is 25.8 Å². The summed E-state index contributed by atoms with van der Waals surface area (Å²) in [5.41, 5.74) is 2.23. The smallest absolute Gasteiger partial charge is 0.315 e. The highest BCUT2D eigenvalue weighted by atomic mass is 32.1. The number of hydrogen-bond donors (Lipinski definition) is 2. The summed E-state index contributed by atoms with van der Waals surface area (Å²) >= 11 is 1.67. The summed E-state index contributed by atoms with van der Waals surface area (Å²) in [6.07, 6.45) is 0.843. The third kappa shape index (κ3) is 4.16. The number of carbonyl (C=O) groups is 1. The fraction of sp³-hybridized carbons (Fsp3) is 0.353. The summed E-state index contributed by atoms with van der Waals surface area (Å²) in [5.74, 6) is 1.49. The van der Waals surface area contributed by atoms with Gasteiger partial charge in [-0.15, -0.1) is 0 Å². The molecule has 1 atom stereocenters. The average Bonchev–Trinajstić information content (AvgIpc) is 3.07. The van der Waals surface area contributed by atoms with Crippen molar-refractivity contribution in [3.05, 3.63) is 46.2 Å². The standard InChI is InChI=1S/C17H20N2O3S/c1-12(14-2-3-15-16(10-14)22-8-7-21-15)19-17(20)18-6-4-13-5-9-23-11-13/h2-3,5,9-12H,4,6-8H2,1H3,(H2,18,19,20)/t12-/m0/s1. The summed E-state index contributed by atoms with van der Waals surface area (Å²) in [6.45, 7) is 3.70. The molecule has 1 aromatic heterocycles. The summed E-state index contributed by atoms with van der Waals surface area (Å²) < 4.78 is 11.1. The van der Waals surface area contributed by atoms with Crippen molar-refractivity contribution >= 4 is 17.4 Å². The number of fused-ring (bicyclic) bond motifs is 1. The molecule has 1 aliphatic rings. The van der Waals surface area contributed by atoms with Crippen LogP contribution in [0.3, 0.4) is 0 Å². The molecular formula is C17H20N2O3S. The Kier molecular flexibility index (Phi) is 5.02. The minimum absolute atomic E-state index is 0.105. The maximum Gasteiger partial charge on any atom is 0.315 e. The topological polar surface area (TPSA) is 59.6 Å². The van der Waals surface area contributed by atoms with Crippen molar-refractivity contribution in [2.45, 2.75) is 19.4 Å². The molecule has 23 heavy (non-hydrogen) atoms. The lowest BCUT2D eigenvalue weighted by molar-refractivity contribution is 0.171. The number of rotatable bonds is 5. The van der Waals surface area contributed by atoms with Crippen LogP contribution in [0.2, 0.25) is 0 Å². The van der Waals surface area contributed by atoms with Gasteiger partial charge in [-0.05, 0) is 53.4 Å². The van der Waals surface area contributed by atoms with E-state index in [1.807, 2.05) is 30.5 Å². The van der Waals surface area contributed by atoms with E-state index < -0.39 is 0 Å². The van der Waals surface area contributed by atoms with Crippen LogP contribution in [0.15, 0.2) is 35.0 Å². The molecule has 0 bridgehead atoms. The second-order valence-electron chi connectivity index (χ2n) is 5.41. The van der Waals surface area contributed by atoms with Crippen LogP contribution in [0.25, 0.3) is 0 Å². The van der Waals surface area contributed by atoms with Crippen molar-refractivity contribution in [3.63, 3.8) is 0 Å². The lowest BCUT2D eigenvalue weighted by Gasteiger charge is -2.21. The Labute approximate surface area is 139 Å². The Hall–Kier alpha value is -2.21. The van der Waals surface area contributed by atoms with E-state index in [0.29, 0.717) is 19.8 Å². The van der Waals surface area contributed by atoms with E-state index >= 15 is 0 Å². The van der Waals surface area contributed by atoms with Crippen LogP contribution in [0, 0.1) is 0 Å². The molecule has 0 spiro atoms. The summed E-state index contributed by atoms with van der Waals surface area (Å²) in [7, 11) is 0. The second kappa shape index (κ2) is 7.37. The van der Waals surface area contributed by atoms with Crippen molar-refractivity contribution in [3.8, 4) is 11.5 Å². The predicted molar refractivity (Wildman–Crippen MR) is 90.4 cm³/mol. The van der Waals surface area contributed by atoms with Crippen LogP contribution in [0.5, 0.6) is 11.5 Å². The van der Waals surface area contributed by atoms with Crippen LogP contribution in [0.1, 0.15) is 24.1 Å². The molecule has 1 aromatic carbocycles. The molecule has 0 saturated carbocycles. The molecule has 2 amide bonds. The maximum atomic E-state index is 12.0. The quantitative estimate of drug-likeness (QED) is 0.884. The van der Waals surface area contributed by atoms with Gasteiger partial charge in [0.2, 0.25) is 0 Å². The molecule has 122 valence electrons. The lowest BCUT2D eigenvalue weighted by Crippen LogP contribution is -2.38. The van der Waals surface area contributed by atoms with Crippen LogP contribution in [-0.2, 0) is 6.42 Å². The number of amides is 2. The minimum Gasteiger partial charge on any atom is -0.486 e. The first-order chi connectivity index (χ1) is 11.2. The van der Waals surface area contributed by atoms with E-state index in [1.165, 1.54) is 5.56 Å². The molecular weight excluding hydrogens is 312 g/mol. The van der Waals surface area contributed by atoms with Crippen LogP contribution < -0.4 is 20.1 Å². The van der Waals surface area contributed by atoms with Crippen molar-refractivity contribution in [1.29, 1.82) is 0 Å². The van der Waals surface area contributed by atoms with Crippen molar-refractivity contribution in [2.24, 2.45) is 0 Å². The van der Waals surface area contributed by atoms with Gasteiger partial charge in [-0.2, -0.15) is 11.3 Å². The van der Waals surface area contributed by atoms with Gasteiger partial charge in [-0.3, -0.25) is 0 Å². The molecule has 0 saturated heterocycles. The van der Waals surface area contributed by atoms with Gasteiger partial charge in [0.25, 0.3) is 0 Å². The van der Waals surface area contributed by atoms with Crippen molar-refractivity contribution in [2.75, 3.05) is 19.8 Å². The first kappa shape index (κ1) is 15.7. The Balaban J connectivity index is 1.50. The molecule has 0 radical (unpaired) electrons. The van der Waals surface area contributed by atoms with Gasteiger partial charge >= 0.3 is 6.03 Å². The zero-order chi connectivity index (χ0) is 16.1. The Morgan fingerprint density at radius 3 is 2.87 bits per heavy atom. The van der Waals surface area contributed by atoms with Gasteiger partial charge in [0, 0.05) is 6.54 Å². The average molecular weight is 332 g/mol. The summed E-state index contributed by atoms with van der Waals surface area (Å²) in [5, 5.41) is 9.96. The summed E-state index contributed by atoms with van der Waals surface area (Å²) in [4.78, 5) is 12.0. The van der Waals surface area contributed by atoms with Gasteiger partial charge in [-0.1, -0.05) is 6.07 Å². The molecule has 2 aromatic rings. The van der Waals surface area contributed by atoms with Crippen LogP contribution >= 0.6 is 11.3 Å². The highest BCUT2D eigenvalue weighted by molar-refractivity contribution is 7.07. The molecule has 3 rings (SSSR count). The molecule has 2 heterocycles. The number of ether oxygens (including phenoxy) is 2. The van der Waals surface area contributed by atoms with Crippen molar-refractivity contribution < 1.29 is 14.3 Å². The number of urea groups is 1. The number of hydrogen-bond acceptors (Lipinski definition) is 4. The number of thiophene rings is 1. The monoisotopic (exact) mass is 332 g/mol. The first-order valence-electron chi connectivity index (χ1n) is 7.67. The van der Waals surface area contributed by atoms with E-state index in [4.69, 9.17) is 9.47 Å². The van der Waals surface area contributed by atoms with Crippen LogP contribution in [0.4, 0.5) is 4.79 Å². The molecule has 0 unspecified atom stereocenters. The zero-order valence-electron chi connectivity index (χ0n) is 13.0. The molecule has 5 nitrogen and oxygen atoms in total. The molecule has 0 fully saturated rings. The fourth-order valence-corrected chi connectivity index (χ4v) is 3.12. The van der Waals surface area contributed by atoms with Gasteiger partial charge in [0.05, 0.1) is 6.04 Å². The Morgan fingerprint density at radius 1 is 1.26 bits per heavy atom. The number of benzene rings is 1. The fourth-order valence-electron chi connectivity index (χ4n) is 2.42. The van der Waals surface area contributed by atoms with Gasteiger partial charge < -0.3 is 20.1 Å². The highest BCUT2D eigenvalue weighted by Gasteiger charge is 2.15. The number of nitrogens with one attached hydrogen (secondary N) is 2. The van der Waals surface area contributed by atoms with E-state index in [1.54, 1.807) is 11.3 Å². The molecule has 1 aliphatic heterocycles. The predicted octanol–water partition coefficient (Wildman–Crippen LogP) is 3.12. The van der Waals surface area contributed by atoms with E-state index in [9.17, 15) is 4.79 Å². The third-order valence-electron chi connectivity index (χ3n) is 3.69. The van der Waals surface area contributed by atoms with Gasteiger partial charge in [0.15, 0.2) is 11.5 Å². The van der Waals surface area contributed by atoms with E-state index in [-0.39, 0.29) is 12.1 Å². The van der Waals surface area contributed by atoms with E-state index in [2.05, 4.69) is 22.1 Å². The minimum atomic E-state index is -0.164.